The highest BCUT2D eigenvalue weighted by molar-refractivity contribution is 7.80. The Morgan fingerprint density at radius 1 is 1.14 bits per heavy atom. The first kappa shape index (κ1) is 25.3. The van der Waals surface area contributed by atoms with Crippen molar-refractivity contribution < 1.29 is 4.79 Å². The van der Waals surface area contributed by atoms with Crippen LogP contribution in [-0.4, -0.2) is 40.5 Å². The Kier molecular flexibility index (Phi) is 8.52. The molecule has 1 amide bonds. The number of amides is 1. The second kappa shape index (κ2) is 11.8. The normalized spacial score (nSPS) is 14.2. The highest BCUT2D eigenvalue weighted by atomic mass is 32.1. The highest BCUT2D eigenvalue weighted by Crippen LogP contribution is 2.32. The topological polar surface area (TPSA) is 57.3 Å². The van der Waals surface area contributed by atoms with Gasteiger partial charge >= 0.3 is 0 Å². The quantitative estimate of drug-likeness (QED) is 0.360. The second-order valence-electron chi connectivity index (χ2n) is 9.61. The van der Waals surface area contributed by atoms with Gasteiger partial charge in [0.05, 0.1) is 5.01 Å². The molecule has 0 radical (unpaired) electrons. The molecule has 1 aromatic heterocycles. The first-order valence-corrected chi connectivity index (χ1v) is 13.6. The zero-order valence-corrected chi connectivity index (χ0v) is 22.3. The average molecular weight is 507 g/mol. The van der Waals surface area contributed by atoms with Gasteiger partial charge in [0.1, 0.15) is 5.69 Å². The molecule has 1 aliphatic rings. The summed E-state index contributed by atoms with van der Waals surface area (Å²) in [5, 5.41) is 10.2. The number of hydrogen-bond donors (Lipinski definition) is 2. The lowest BCUT2D eigenvalue weighted by atomic mass is 9.98. The molecule has 0 spiro atoms. The first-order chi connectivity index (χ1) is 16.9. The molecule has 7 heteroatoms. The molecule has 1 saturated heterocycles. The van der Waals surface area contributed by atoms with Crippen LogP contribution < -0.4 is 10.6 Å². The summed E-state index contributed by atoms with van der Waals surface area (Å²) in [6, 6.07) is 16.2. The average Bonchev–Trinajstić information content (AvgIpc) is 3.35. The minimum Gasteiger partial charge on any atom is -0.363 e. The van der Waals surface area contributed by atoms with E-state index in [1.807, 2.05) is 29.6 Å². The standard InChI is InChI=1S/C28H34N4OS2/c1-19(2)12-15-29-28(34)32-16-13-22(14-17-32)27-31-25(18-35-27)26(33)30-24-7-5-4-6-23(24)21-10-8-20(3)9-11-21/h4-11,18-19,22H,12-17H2,1-3H3,(H,29,34)(H,30,33). The van der Waals surface area contributed by atoms with Crippen LogP contribution in [0.25, 0.3) is 11.1 Å². The van der Waals surface area contributed by atoms with Crippen molar-refractivity contribution in [3.8, 4) is 11.1 Å². The molecule has 0 aliphatic carbocycles. The number of thiocarbonyl (C=S) groups is 1. The summed E-state index contributed by atoms with van der Waals surface area (Å²) in [5.41, 5.74) is 4.57. The number of para-hydroxylation sites is 1. The minimum absolute atomic E-state index is 0.167. The van der Waals surface area contributed by atoms with E-state index in [9.17, 15) is 4.79 Å². The van der Waals surface area contributed by atoms with Gasteiger partial charge in [-0.05, 0) is 56.0 Å². The van der Waals surface area contributed by atoms with Crippen LogP contribution in [-0.2, 0) is 0 Å². The number of aromatic nitrogens is 1. The number of rotatable bonds is 7. The number of nitrogens with zero attached hydrogens (tertiary/aromatic N) is 2. The van der Waals surface area contributed by atoms with Crippen molar-refractivity contribution in [3.05, 3.63) is 70.2 Å². The third-order valence-corrected chi connectivity index (χ3v) is 7.83. The molecule has 2 aromatic carbocycles. The smallest absolute Gasteiger partial charge is 0.275 e. The molecule has 0 saturated carbocycles. The van der Waals surface area contributed by atoms with Gasteiger partial charge in [0.15, 0.2) is 5.11 Å². The Balaban J connectivity index is 1.35. The fourth-order valence-electron chi connectivity index (χ4n) is 4.25. The molecule has 0 atom stereocenters. The van der Waals surface area contributed by atoms with Gasteiger partial charge in [-0.15, -0.1) is 11.3 Å². The van der Waals surface area contributed by atoms with E-state index >= 15 is 0 Å². The number of aryl methyl sites for hydroxylation is 1. The largest absolute Gasteiger partial charge is 0.363 e. The van der Waals surface area contributed by atoms with E-state index in [0.717, 1.165) is 65.8 Å². The molecule has 2 N–H and O–H groups in total. The van der Waals surface area contributed by atoms with Gasteiger partial charge in [0, 0.05) is 42.2 Å². The molecule has 1 fully saturated rings. The van der Waals surface area contributed by atoms with Crippen LogP contribution in [0.1, 0.15) is 60.1 Å². The Morgan fingerprint density at radius 3 is 2.57 bits per heavy atom. The van der Waals surface area contributed by atoms with Crippen LogP contribution in [0, 0.1) is 12.8 Å². The number of nitrogens with one attached hydrogen (secondary N) is 2. The van der Waals surface area contributed by atoms with Crippen LogP contribution in [0.15, 0.2) is 53.9 Å². The lowest BCUT2D eigenvalue weighted by Crippen LogP contribution is -2.44. The number of anilines is 1. The lowest BCUT2D eigenvalue weighted by molar-refractivity contribution is 0.102. The molecule has 2 heterocycles. The second-order valence-corrected chi connectivity index (χ2v) is 10.9. The fraction of sp³-hybridized carbons (Fsp3) is 0.393. The first-order valence-electron chi connectivity index (χ1n) is 12.4. The summed E-state index contributed by atoms with van der Waals surface area (Å²) in [4.78, 5) is 20.0. The molecule has 184 valence electrons. The minimum atomic E-state index is -0.167. The van der Waals surface area contributed by atoms with Crippen molar-refractivity contribution in [2.75, 3.05) is 25.0 Å². The van der Waals surface area contributed by atoms with Crippen LogP contribution in [0.4, 0.5) is 5.69 Å². The monoisotopic (exact) mass is 506 g/mol. The molecule has 0 unspecified atom stereocenters. The Labute approximate surface area is 218 Å². The predicted molar refractivity (Wildman–Crippen MR) is 150 cm³/mol. The van der Waals surface area contributed by atoms with E-state index < -0.39 is 0 Å². The van der Waals surface area contributed by atoms with Crippen molar-refractivity contribution in [3.63, 3.8) is 0 Å². The lowest BCUT2D eigenvalue weighted by Gasteiger charge is -2.33. The van der Waals surface area contributed by atoms with Gasteiger partial charge in [-0.25, -0.2) is 4.98 Å². The number of piperidine rings is 1. The van der Waals surface area contributed by atoms with Crippen LogP contribution in [0.5, 0.6) is 0 Å². The SMILES string of the molecule is Cc1ccc(-c2ccccc2NC(=O)c2csc(C3CCN(C(=S)NCCC(C)C)CC3)n2)cc1. The molecule has 3 aromatic rings. The van der Waals surface area contributed by atoms with E-state index in [1.54, 1.807) is 11.3 Å². The maximum atomic E-state index is 13.0. The number of likely N-dealkylation sites (tertiary alicyclic amines) is 1. The predicted octanol–water partition coefficient (Wildman–Crippen LogP) is 6.47. The Hall–Kier alpha value is -2.77. The van der Waals surface area contributed by atoms with Crippen molar-refractivity contribution in [1.82, 2.24) is 15.2 Å². The third-order valence-electron chi connectivity index (χ3n) is 6.42. The number of benzene rings is 2. The zero-order chi connectivity index (χ0) is 24.8. The van der Waals surface area contributed by atoms with Crippen molar-refractivity contribution in [2.24, 2.45) is 5.92 Å². The molecule has 5 nitrogen and oxygen atoms in total. The van der Waals surface area contributed by atoms with Gasteiger partial charge in [-0.3, -0.25) is 4.79 Å². The molecular weight excluding hydrogens is 472 g/mol. The van der Waals surface area contributed by atoms with Crippen LogP contribution >= 0.6 is 23.6 Å². The molecule has 0 bridgehead atoms. The zero-order valence-electron chi connectivity index (χ0n) is 20.7. The van der Waals surface area contributed by atoms with Gasteiger partial charge in [-0.1, -0.05) is 61.9 Å². The van der Waals surface area contributed by atoms with Gasteiger partial charge in [0.25, 0.3) is 5.91 Å². The van der Waals surface area contributed by atoms with Crippen molar-refractivity contribution in [2.45, 2.75) is 46.0 Å². The summed E-state index contributed by atoms with van der Waals surface area (Å²) in [6.45, 7) is 9.28. The summed E-state index contributed by atoms with van der Waals surface area (Å²) >= 11 is 7.17. The number of carbonyl (C=O) groups is 1. The van der Waals surface area contributed by atoms with E-state index in [0.29, 0.717) is 17.5 Å². The molecule has 4 rings (SSSR count). The van der Waals surface area contributed by atoms with Gasteiger partial charge in [-0.2, -0.15) is 0 Å². The molecule has 1 aliphatic heterocycles. The van der Waals surface area contributed by atoms with Crippen molar-refractivity contribution in [1.29, 1.82) is 0 Å². The highest BCUT2D eigenvalue weighted by Gasteiger charge is 2.25. The van der Waals surface area contributed by atoms with Gasteiger partial charge in [0.2, 0.25) is 0 Å². The van der Waals surface area contributed by atoms with Gasteiger partial charge < -0.3 is 15.5 Å². The van der Waals surface area contributed by atoms with Crippen LogP contribution in [0.3, 0.4) is 0 Å². The Morgan fingerprint density at radius 2 is 1.86 bits per heavy atom. The fourth-order valence-corrected chi connectivity index (χ4v) is 5.51. The Bertz CT molecular complexity index is 1150. The molecule has 35 heavy (non-hydrogen) atoms. The van der Waals surface area contributed by atoms with Crippen molar-refractivity contribution >= 4 is 40.3 Å². The van der Waals surface area contributed by atoms with E-state index in [2.05, 4.69) is 60.6 Å². The number of hydrogen-bond acceptors (Lipinski definition) is 4. The van der Waals surface area contributed by atoms with E-state index in [1.165, 1.54) is 5.56 Å². The summed E-state index contributed by atoms with van der Waals surface area (Å²) in [6.07, 6.45) is 3.11. The maximum absolute atomic E-state index is 13.0. The number of thiazole rings is 1. The summed E-state index contributed by atoms with van der Waals surface area (Å²) < 4.78 is 0. The third kappa shape index (κ3) is 6.67. The maximum Gasteiger partial charge on any atom is 0.275 e. The summed E-state index contributed by atoms with van der Waals surface area (Å²) in [7, 11) is 0. The van der Waals surface area contributed by atoms with Crippen LogP contribution in [0.2, 0.25) is 0 Å². The number of carbonyl (C=O) groups excluding carboxylic acids is 1. The van der Waals surface area contributed by atoms with E-state index in [4.69, 9.17) is 17.2 Å². The summed E-state index contributed by atoms with van der Waals surface area (Å²) in [5.74, 6) is 0.875. The van der Waals surface area contributed by atoms with E-state index in [-0.39, 0.29) is 5.91 Å². The molecular formula is C28H34N4OS2.